The molecule has 3 aliphatic rings. The summed E-state index contributed by atoms with van der Waals surface area (Å²) >= 11 is 0. The average molecular weight is 553 g/mol. The number of rotatable bonds is 3. The van der Waals surface area contributed by atoms with Crippen molar-refractivity contribution >= 4 is 40.2 Å². The fraction of sp³-hybridized carbons (Fsp3) is 0.0769. The summed E-state index contributed by atoms with van der Waals surface area (Å²) in [7, 11) is 0. The number of benzene rings is 6. The lowest BCUT2D eigenvalue weighted by Gasteiger charge is -2.35. The molecule has 9 rings (SSSR count). The highest BCUT2D eigenvalue weighted by Crippen LogP contribution is 2.54. The van der Waals surface area contributed by atoms with E-state index in [1.807, 2.05) is 12.1 Å². The van der Waals surface area contributed by atoms with E-state index in [9.17, 15) is 0 Å². The Morgan fingerprint density at radius 1 is 0.535 bits per heavy atom. The molecular weight excluding hydrogens is 525 g/mol. The summed E-state index contributed by atoms with van der Waals surface area (Å²) < 4.78 is 13.2. The lowest BCUT2D eigenvalue weighted by Crippen LogP contribution is -2.57. The van der Waals surface area contributed by atoms with E-state index in [-0.39, 0.29) is 12.1 Å². The van der Waals surface area contributed by atoms with Crippen molar-refractivity contribution in [1.82, 2.24) is 0 Å². The van der Waals surface area contributed by atoms with Crippen molar-refractivity contribution in [3.63, 3.8) is 0 Å². The van der Waals surface area contributed by atoms with Crippen LogP contribution in [0, 0.1) is 0 Å². The highest BCUT2D eigenvalue weighted by molar-refractivity contribution is 6.98. The van der Waals surface area contributed by atoms with Gasteiger partial charge in [0.15, 0.2) is 0 Å². The van der Waals surface area contributed by atoms with Crippen LogP contribution >= 0.6 is 0 Å². The Hall–Kier alpha value is -5.22. The van der Waals surface area contributed by atoms with Crippen LogP contribution in [0.1, 0.15) is 25.0 Å². The highest BCUT2D eigenvalue weighted by Gasteiger charge is 2.45. The van der Waals surface area contributed by atoms with E-state index in [4.69, 9.17) is 9.47 Å². The third-order valence-electron chi connectivity index (χ3n) is 9.35. The highest BCUT2D eigenvalue weighted by atomic mass is 16.5. The van der Waals surface area contributed by atoms with E-state index in [1.54, 1.807) is 0 Å². The summed E-state index contributed by atoms with van der Waals surface area (Å²) in [5.74, 6) is 3.65. The summed E-state index contributed by atoms with van der Waals surface area (Å²) in [6.07, 6.45) is 0. The van der Waals surface area contributed by atoms with Crippen LogP contribution in [0.25, 0.3) is 11.1 Å². The van der Waals surface area contributed by atoms with Crippen molar-refractivity contribution in [2.75, 3.05) is 4.90 Å². The number of hydrogen-bond donors (Lipinski definition) is 0. The molecule has 0 N–H and O–H groups in total. The van der Waals surface area contributed by atoms with Gasteiger partial charge < -0.3 is 14.4 Å². The topological polar surface area (TPSA) is 21.7 Å². The third-order valence-corrected chi connectivity index (χ3v) is 9.35. The van der Waals surface area contributed by atoms with E-state index in [0.717, 1.165) is 45.5 Å². The van der Waals surface area contributed by atoms with Crippen molar-refractivity contribution in [2.45, 2.75) is 19.3 Å². The normalized spacial score (nSPS) is 14.3. The zero-order chi connectivity index (χ0) is 28.7. The summed E-state index contributed by atoms with van der Waals surface area (Å²) in [4.78, 5) is 2.34. The molecule has 0 bridgehead atoms. The van der Waals surface area contributed by atoms with Crippen LogP contribution in [0.15, 0.2) is 133 Å². The molecule has 0 unspecified atom stereocenters. The second-order valence-corrected chi connectivity index (χ2v) is 12.1. The molecule has 3 nitrogen and oxygen atoms in total. The van der Waals surface area contributed by atoms with Crippen molar-refractivity contribution in [3.8, 4) is 34.1 Å². The van der Waals surface area contributed by atoms with E-state index >= 15 is 0 Å². The Morgan fingerprint density at radius 3 is 1.91 bits per heavy atom. The van der Waals surface area contributed by atoms with Crippen LogP contribution in [-0.2, 0) is 5.41 Å². The molecule has 0 amide bonds. The number of para-hydroxylation sites is 3. The lowest BCUT2D eigenvalue weighted by molar-refractivity contribution is 0.455. The van der Waals surface area contributed by atoms with Crippen LogP contribution in [0.5, 0.6) is 23.0 Å². The molecule has 0 saturated heterocycles. The molecule has 0 aromatic heterocycles. The zero-order valence-electron chi connectivity index (χ0n) is 24.0. The van der Waals surface area contributed by atoms with E-state index < -0.39 is 0 Å². The molecule has 4 heteroatoms. The Bertz CT molecular complexity index is 2030. The van der Waals surface area contributed by atoms with Crippen LogP contribution in [0.4, 0.5) is 17.1 Å². The van der Waals surface area contributed by atoms with Gasteiger partial charge in [0.25, 0.3) is 6.71 Å². The smallest absolute Gasteiger partial charge is 0.260 e. The molecule has 43 heavy (non-hydrogen) atoms. The largest absolute Gasteiger partial charge is 0.458 e. The van der Waals surface area contributed by atoms with Gasteiger partial charge in [-0.1, -0.05) is 92.7 Å². The summed E-state index contributed by atoms with van der Waals surface area (Å²) in [6.45, 7) is 4.74. The van der Waals surface area contributed by atoms with Gasteiger partial charge in [0.2, 0.25) is 0 Å². The van der Waals surface area contributed by atoms with Crippen molar-refractivity contribution < 1.29 is 9.47 Å². The van der Waals surface area contributed by atoms with Gasteiger partial charge >= 0.3 is 0 Å². The second-order valence-electron chi connectivity index (χ2n) is 12.1. The monoisotopic (exact) mass is 553 g/mol. The number of fused-ring (bicyclic) bond motifs is 8. The minimum Gasteiger partial charge on any atom is -0.458 e. The standard InChI is InChI=1S/C39H28BNO2/c1-39(2)30-24-27(41(25-12-5-3-6-13-25)26-14-7-4-8-15-26)20-21-28(30)29-22-23-32-38(36(29)39)43-35-19-11-18-34-37(35)40(32)31-16-9-10-17-33(31)42-34/h3-24H,1-2H3. The van der Waals surface area contributed by atoms with Crippen molar-refractivity contribution in [2.24, 2.45) is 0 Å². The molecule has 2 heterocycles. The van der Waals surface area contributed by atoms with Crippen molar-refractivity contribution in [3.05, 3.63) is 145 Å². The first-order valence-electron chi connectivity index (χ1n) is 14.9. The molecule has 6 aromatic carbocycles. The summed E-state index contributed by atoms with van der Waals surface area (Å²) in [5.41, 5.74) is 11.7. The fourth-order valence-corrected chi connectivity index (χ4v) is 7.45. The van der Waals surface area contributed by atoms with Gasteiger partial charge in [-0.3, -0.25) is 0 Å². The van der Waals surface area contributed by atoms with E-state index in [2.05, 4.69) is 140 Å². The SMILES string of the molecule is CC1(C)c2cc(N(c3ccccc3)c3ccccc3)ccc2-c2ccc3c(c21)Oc1cccc2c1B3c1ccccc1O2. The molecule has 1 aliphatic carbocycles. The minimum atomic E-state index is -0.273. The molecule has 0 fully saturated rings. The first kappa shape index (κ1) is 24.4. The molecule has 6 aromatic rings. The molecule has 204 valence electrons. The molecule has 0 radical (unpaired) electrons. The molecule has 0 saturated carbocycles. The molecule has 0 spiro atoms. The summed E-state index contributed by atoms with van der Waals surface area (Å²) in [6, 6.07) is 47.3. The number of hydrogen-bond acceptors (Lipinski definition) is 3. The minimum absolute atomic E-state index is 0.0620. The maximum atomic E-state index is 6.87. The third kappa shape index (κ3) is 3.44. The Morgan fingerprint density at radius 2 is 1.16 bits per heavy atom. The first-order chi connectivity index (χ1) is 21.1. The lowest BCUT2D eigenvalue weighted by atomic mass is 9.34. The molecular formula is C39H28BNO2. The molecule has 2 aliphatic heterocycles. The fourth-order valence-electron chi connectivity index (χ4n) is 7.45. The van der Waals surface area contributed by atoms with E-state index in [0.29, 0.717) is 0 Å². The predicted octanol–water partition coefficient (Wildman–Crippen LogP) is 8.19. The van der Waals surface area contributed by atoms with Crippen molar-refractivity contribution in [1.29, 1.82) is 0 Å². The number of nitrogens with zero attached hydrogens (tertiary/aromatic N) is 1. The van der Waals surface area contributed by atoms with Crippen LogP contribution < -0.4 is 30.8 Å². The quantitative estimate of drug-likeness (QED) is 0.206. The van der Waals surface area contributed by atoms with Gasteiger partial charge in [-0.25, -0.2) is 0 Å². The maximum absolute atomic E-state index is 6.87. The Balaban J connectivity index is 1.22. The van der Waals surface area contributed by atoms with E-state index in [1.165, 1.54) is 33.2 Å². The van der Waals surface area contributed by atoms with Crippen LogP contribution in [0.2, 0.25) is 0 Å². The van der Waals surface area contributed by atoms with Gasteiger partial charge in [0.05, 0.1) is 0 Å². The molecule has 0 atom stereocenters. The second kappa shape index (κ2) is 8.89. The van der Waals surface area contributed by atoms with Gasteiger partial charge in [-0.15, -0.1) is 0 Å². The van der Waals surface area contributed by atoms with Gasteiger partial charge in [-0.05, 0) is 82.2 Å². The van der Waals surface area contributed by atoms with Gasteiger partial charge in [-0.2, -0.15) is 0 Å². The van der Waals surface area contributed by atoms with Gasteiger partial charge in [0.1, 0.15) is 23.0 Å². The summed E-state index contributed by atoms with van der Waals surface area (Å²) in [5, 5.41) is 0. The zero-order valence-corrected chi connectivity index (χ0v) is 24.0. The maximum Gasteiger partial charge on any atom is 0.260 e. The Kier molecular flexibility index (Phi) is 5.04. The van der Waals surface area contributed by atoms with Crippen LogP contribution in [-0.4, -0.2) is 6.71 Å². The predicted molar refractivity (Wildman–Crippen MR) is 176 cm³/mol. The Labute approximate surface area is 252 Å². The number of ether oxygens (including phenoxy) is 2. The first-order valence-corrected chi connectivity index (χ1v) is 14.9. The number of anilines is 3. The average Bonchev–Trinajstić information content (AvgIpc) is 3.28. The van der Waals surface area contributed by atoms with Crippen LogP contribution in [0.3, 0.4) is 0 Å². The van der Waals surface area contributed by atoms with Gasteiger partial charge in [0, 0.05) is 33.5 Å².